The summed E-state index contributed by atoms with van der Waals surface area (Å²) in [5.41, 5.74) is 7.09. The van der Waals surface area contributed by atoms with Gasteiger partial charge in [0, 0.05) is 24.2 Å². The lowest BCUT2D eigenvalue weighted by molar-refractivity contribution is -0.119. The SMILES string of the molecule is COc1cc(-c2nnc(SCC(=O)NNC(=S)Nc3ccccc3)n2C)nc2ccc(F)cc12. The average Bonchev–Trinajstić information content (AvgIpc) is 3.21. The lowest BCUT2D eigenvalue weighted by Gasteiger charge is -2.11. The van der Waals surface area contributed by atoms with Gasteiger partial charge in [0.05, 0.1) is 18.4 Å². The zero-order valence-corrected chi connectivity index (χ0v) is 19.8. The van der Waals surface area contributed by atoms with E-state index < -0.39 is 0 Å². The predicted octanol–water partition coefficient (Wildman–Crippen LogP) is 3.29. The van der Waals surface area contributed by atoms with Crippen LogP contribution in [0.4, 0.5) is 10.1 Å². The Labute approximate surface area is 204 Å². The molecule has 0 saturated carbocycles. The number of para-hydroxylation sites is 1. The first-order valence-electron chi connectivity index (χ1n) is 10.0. The van der Waals surface area contributed by atoms with Crippen molar-refractivity contribution in [3.05, 3.63) is 60.4 Å². The predicted molar refractivity (Wildman–Crippen MR) is 133 cm³/mol. The Kier molecular flexibility index (Phi) is 7.18. The summed E-state index contributed by atoms with van der Waals surface area (Å²) in [6, 6.07) is 15.3. The van der Waals surface area contributed by atoms with Crippen LogP contribution in [-0.2, 0) is 11.8 Å². The molecule has 0 atom stereocenters. The van der Waals surface area contributed by atoms with Crippen molar-refractivity contribution in [1.29, 1.82) is 0 Å². The van der Waals surface area contributed by atoms with Gasteiger partial charge in [0.1, 0.15) is 17.3 Å². The van der Waals surface area contributed by atoms with Gasteiger partial charge in [-0.25, -0.2) is 9.37 Å². The number of benzene rings is 2. The number of hydrogen-bond donors (Lipinski definition) is 3. The van der Waals surface area contributed by atoms with E-state index in [2.05, 4.69) is 31.3 Å². The molecule has 2 aromatic carbocycles. The molecule has 0 fully saturated rings. The van der Waals surface area contributed by atoms with Crippen LogP contribution < -0.4 is 20.9 Å². The van der Waals surface area contributed by atoms with E-state index in [1.165, 1.54) is 31.0 Å². The number of pyridine rings is 1. The number of nitrogens with zero attached hydrogens (tertiary/aromatic N) is 4. The monoisotopic (exact) mass is 497 g/mol. The van der Waals surface area contributed by atoms with Crippen LogP contribution in [0.1, 0.15) is 0 Å². The van der Waals surface area contributed by atoms with Gasteiger partial charge < -0.3 is 14.6 Å². The fraction of sp³-hybridized carbons (Fsp3) is 0.136. The highest BCUT2D eigenvalue weighted by atomic mass is 32.2. The van der Waals surface area contributed by atoms with Crippen LogP contribution in [0.5, 0.6) is 5.75 Å². The van der Waals surface area contributed by atoms with Gasteiger partial charge in [-0.1, -0.05) is 30.0 Å². The summed E-state index contributed by atoms with van der Waals surface area (Å²) in [7, 11) is 3.28. The van der Waals surface area contributed by atoms with Crippen molar-refractivity contribution < 1.29 is 13.9 Å². The van der Waals surface area contributed by atoms with Gasteiger partial charge in [-0.15, -0.1) is 10.2 Å². The average molecular weight is 498 g/mol. The Balaban J connectivity index is 1.38. The van der Waals surface area contributed by atoms with Gasteiger partial charge in [-0.2, -0.15) is 0 Å². The maximum atomic E-state index is 13.6. The quantitative estimate of drug-likeness (QED) is 0.210. The molecule has 0 aliphatic carbocycles. The number of thiocarbonyl (C=S) groups is 1. The number of fused-ring (bicyclic) bond motifs is 1. The molecule has 0 radical (unpaired) electrons. The van der Waals surface area contributed by atoms with Gasteiger partial charge >= 0.3 is 0 Å². The lowest BCUT2D eigenvalue weighted by atomic mass is 10.1. The Bertz CT molecular complexity index is 1350. The fourth-order valence-electron chi connectivity index (χ4n) is 3.09. The van der Waals surface area contributed by atoms with E-state index in [1.54, 1.807) is 23.7 Å². The lowest BCUT2D eigenvalue weighted by Crippen LogP contribution is -2.44. The molecule has 4 aromatic rings. The van der Waals surface area contributed by atoms with Crippen molar-refractivity contribution in [1.82, 2.24) is 30.6 Å². The molecule has 12 heteroatoms. The summed E-state index contributed by atoms with van der Waals surface area (Å²) in [6.07, 6.45) is 0. The smallest absolute Gasteiger partial charge is 0.248 e. The number of hydrazine groups is 1. The minimum Gasteiger partial charge on any atom is -0.496 e. The minimum atomic E-state index is -0.373. The molecule has 3 N–H and O–H groups in total. The van der Waals surface area contributed by atoms with Crippen LogP contribution in [-0.4, -0.2) is 43.6 Å². The number of carbonyl (C=O) groups is 1. The van der Waals surface area contributed by atoms with Crippen molar-refractivity contribution in [3.63, 3.8) is 0 Å². The number of aromatic nitrogens is 4. The van der Waals surface area contributed by atoms with E-state index in [-0.39, 0.29) is 22.6 Å². The number of nitrogens with one attached hydrogen (secondary N) is 3. The van der Waals surface area contributed by atoms with Gasteiger partial charge in [-0.05, 0) is 42.5 Å². The number of ether oxygens (including phenoxy) is 1. The third kappa shape index (κ3) is 5.41. The first-order valence-corrected chi connectivity index (χ1v) is 11.4. The fourth-order valence-corrected chi connectivity index (χ4v) is 3.97. The Morgan fingerprint density at radius 1 is 1.15 bits per heavy atom. The second kappa shape index (κ2) is 10.4. The second-order valence-corrected chi connectivity index (χ2v) is 8.37. The molecule has 9 nitrogen and oxygen atoms in total. The van der Waals surface area contributed by atoms with Gasteiger partial charge in [0.2, 0.25) is 5.91 Å². The Hall–Kier alpha value is -3.77. The van der Waals surface area contributed by atoms with Crippen molar-refractivity contribution >= 4 is 51.6 Å². The molecule has 0 saturated heterocycles. The zero-order valence-electron chi connectivity index (χ0n) is 18.2. The van der Waals surface area contributed by atoms with Crippen LogP contribution in [0.3, 0.4) is 0 Å². The molecule has 2 heterocycles. The summed E-state index contributed by atoms with van der Waals surface area (Å²) in [6.45, 7) is 0. The molecule has 34 heavy (non-hydrogen) atoms. The first-order chi connectivity index (χ1) is 16.4. The van der Waals surface area contributed by atoms with Crippen molar-refractivity contribution in [2.45, 2.75) is 5.16 Å². The van der Waals surface area contributed by atoms with Crippen LogP contribution >= 0.6 is 24.0 Å². The van der Waals surface area contributed by atoms with Crippen LogP contribution in [0.25, 0.3) is 22.4 Å². The van der Waals surface area contributed by atoms with Gasteiger partial charge in [0.25, 0.3) is 0 Å². The zero-order chi connectivity index (χ0) is 24.1. The van der Waals surface area contributed by atoms with Crippen LogP contribution in [0.15, 0.2) is 59.8 Å². The van der Waals surface area contributed by atoms with E-state index in [1.807, 2.05) is 30.3 Å². The minimum absolute atomic E-state index is 0.0840. The molecule has 1 amide bonds. The molecule has 0 spiro atoms. The van der Waals surface area contributed by atoms with E-state index in [0.717, 1.165) is 5.69 Å². The Morgan fingerprint density at radius 2 is 1.94 bits per heavy atom. The number of methoxy groups -OCH3 is 1. The molecule has 174 valence electrons. The molecule has 0 aliphatic heterocycles. The summed E-state index contributed by atoms with van der Waals surface area (Å²) in [4.78, 5) is 16.8. The third-order valence-corrected chi connectivity index (χ3v) is 5.92. The number of carbonyl (C=O) groups excluding carboxylic acids is 1. The molecular formula is C22H20FN7O2S2. The number of rotatable bonds is 6. The Morgan fingerprint density at radius 3 is 2.71 bits per heavy atom. The van der Waals surface area contributed by atoms with Gasteiger partial charge in [-0.3, -0.25) is 15.6 Å². The molecule has 0 unspecified atom stereocenters. The van der Waals surface area contributed by atoms with Crippen molar-refractivity contribution in [2.75, 3.05) is 18.2 Å². The molecule has 0 bridgehead atoms. The first kappa shape index (κ1) is 23.4. The highest BCUT2D eigenvalue weighted by Gasteiger charge is 2.17. The maximum Gasteiger partial charge on any atom is 0.248 e. The molecule has 0 aliphatic rings. The van der Waals surface area contributed by atoms with Gasteiger partial charge in [0.15, 0.2) is 16.1 Å². The summed E-state index contributed by atoms with van der Waals surface area (Å²) in [5.74, 6) is 0.378. The topological polar surface area (TPSA) is 106 Å². The third-order valence-electron chi connectivity index (χ3n) is 4.70. The number of hydrogen-bond acceptors (Lipinski definition) is 7. The second-order valence-electron chi connectivity index (χ2n) is 7.02. The largest absolute Gasteiger partial charge is 0.496 e. The highest BCUT2D eigenvalue weighted by Crippen LogP contribution is 2.30. The molecule has 2 aromatic heterocycles. The van der Waals surface area contributed by atoms with E-state index >= 15 is 0 Å². The standard InChI is InChI=1S/C22H20FN7O2S2/c1-30-20(17-11-18(32-2)15-10-13(23)8-9-16(15)25-17)27-29-22(30)34-12-19(31)26-28-21(33)24-14-6-4-3-5-7-14/h3-11H,12H2,1-2H3,(H,26,31)(H2,24,28,33). The molecule has 4 rings (SSSR count). The maximum absolute atomic E-state index is 13.6. The number of thioether (sulfide) groups is 1. The number of amides is 1. The van der Waals surface area contributed by atoms with Crippen molar-refractivity contribution in [2.24, 2.45) is 7.05 Å². The van der Waals surface area contributed by atoms with Crippen molar-refractivity contribution in [3.8, 4) is 17.3 Å². The normalized spacial score (nSPS) is 10.7. The summed E-state index contributed by atoms with van der Waals surface area (Å²) < 4.78 is 20.8. The van der Waals surface area contributed by atoms with E-state index in [9.17, 15) is 9.18 Å². The van der Waals surface area contributed by atoms with Crippen LogP contribution in [0.2, 0.25) is 0 Å². The van der Waals surface area contributed by atoms with E-state index in [0.29, 0.717) is 33.3 Å². The van der Waals surface area contributed by atoms with Crippen LogP contribution in [0, 0.1) is 5.82 Å². The number of halogens is 1. The molecular weight excluding hydrogens is 477 g/mol. The number of anilines is 1. The van der Waals surface area contributed by atoms with E-state index in [4.69, 9.17) is 17.0 Å². The summed E-state index contributed by atoms with van der Waals surface area (Å²) in [5, 5.41) is 12.7. The summed E-state index contributed by atoms with van der Waals surface area (Å²) >= 11 is 6.37. The highest BCUT2D eigenvalue weighted by molar-refractivity contribution is 7.99.